The second kappa shape index (κ2) is 5.42. The molecule has 0 aliphatic carbocycles. The Morgan fingerprint density at radius 3 is 2.25 bits per heavy atom. The average molecular weight is 292 g/mol. The normalized spacial score (nSPS) is 12.7. The van der Waals surface area contributed by atoms with Crippen molar-refractivity contribution < 1.29 is 0 Å². The summed E-state index contributed by atoms with van der Waals surface area (Å²) in [5.41, 5.74) is 1.17. The van der Waals surface area contributed by atoms with Crippen molar-refractivity contribution in [1.29, 1.82) is 0 Å². The number of hydrogen-bond acceptors (Lipinski definition) is 1. The van der Waals surface area contributed by atoms with Gasteiger partial charge in [-0.25, -0.2) is 0 Å². The van der Waals surface area contributed by atoms with Gasteiger partial charge in [0.2, 0.25) is 0 Å². The van der Waals surface area contributed by atoms with Gasteiger partial charge >= 0.3 is 0 Å². The molecule has 0 amide bonds. The van der Waals surface area contributed by atoms with Gasteiger partial charge in [0.05, 0.1) is 9.71 Å². The van der Waals surface area contributed by atoms with Gasteiger partial charge in [-0.1, -0.05) is 35.3 Å². The van der Waals surface area contributed by atoms with Gasteiger partial charge in [-0.05, 0) is 36.2 Å². The number of rotatable bonds is 3. The molecule has 1 aromatic heterocycles. The molecule has 0 saturated carbocycles. The maximum absolute atomic E-state index is 6.31. The highest BCUT2D eigenvalue weighted by Crippen LogP contribution is 2.33. The van der Waals surface area contributed by atoms with Crippen LogP contribution in [0.1, 0.15) is 15.8 Å². The van der Waals surface area contributed by atoms with Gasteiger partial charge in [-0.2, -0.15) is 0 Å². The average Bonchev–Trinajstić information content (AvgIpc) is 2.68. The summed E-state index contributed by atoms with van der Waals surface area (Å²) in [7, 11) is 0. The molecule has 16 heavy (non-hydrogen) atoms. The van der Waals surface area contributed by atoms with Crippen LogP contribution in [0.5, 0.6) is 0 Å². The second-order valence-corrected chi connectivity index (χ2v) is 6.15. The first-order chi connectivity index (χ1) is 7.65. The quantitative estimate of drug-likeness (QED) is 0.648. The lowest BCUT2D eigenvalue weighted by Gasteiger charge is -2.07. The molecular weight excluding hydrogens is 283 g/mol. The molecule has 4 heteroatoms. The first-order valence-corrected chi connectivity index (χ1v) is 6.80. The van der Waals surface area contributed by atoms with Gasteiger partial charge in [0.25, 0.3) is 0 Å². The fraction of sp³-hybridized carbons (Fsp3) is 0.167. The van der Waals surface area contributed by atoms with Crippen molar-refractivity contribution in [2.24, 2.45) is 0 Å². The van der Waals surface area contributed by atoms with Crippen molar-refractivity contribution in [3.8, 4) is 0 Å². The molecule has 0 nitrogen and oxygen atoms in total. The van der Waals surface area contributed by atoms with Crippen LogP contribution in [-0.4, -0.2) is 0 Å². The highest BCUT2D eigenvalue weighted by atomic mass is 35.5. The first kappa shape index (κ1) is 12.3. The fourth-order valence-corrected chi connectivity index (χ4v) is 2.97. The molecule has 0 fully saturated rings. The third kappa shape index (κ3) is 3.14. The number of thiophene rings is 1. The Morgan fingerprint density at radius 1 is 1.00 bits per heavy atom. The van der Waals surface area contributed by atoms with E-state index in [1.165, 1.54) is 16.9 Å². The van der Waals surface area contributed by atoms with E-state index in [2.05, 4.69) is 0 Å². The van der Waals surface area contributed by atoms with Crippen LogP contribution >= 0.6 is 46.1 Å². The molecule has 0 saturated heterocycles. The minimum Gasteiger partial charge on any atom is -0.127 e. The highest BCUT2D eigenvalue weighted by Gasteiger charge is 2.11. The molecule has 1 atom stereocenters. The molecule has 0 bridgehead atoms. The third-order valence-corrected chi connectivity index (χ3v) is 4.35. The standard InChI is InChI=1S/C12H9Cl3S/c13-9-3-1-8(2-4-9)7-10(14)11-5-6-12(15)16-11/h1-6,10H,7H2. The van der Waals surface area contributed by atoms with E-state index in [1.54, 1.807) is 0 Å². The van der Waals surface area contributed by atoms with E-state index in [9.17, 15) is 0 Å². The lowest BCUT2D eigenvalue weighted by atomic mass is 10.1. The van der Waals surface area contributed by atoms with Crippen LogP contribution < -0.4 is 0 Å². The zero-order valence-corrected chi connectivity index (χ0v) is 11.4. The molecule has 84 valence electrons. The Hall–Kier alpha value is -0.210. The van der Waals surface area contributed by atoms with Gasteiger partial charge in [-0.3, -0.25) is 0 Å². The molecule has 0 N–H and O–H groups in total. The zero-order valence-electron chi connectivity index (χ0n) is 8.29. The van der Waals surface area contributed by atoms with Crippen LogP contribution in [0.3, 0.4) is 0 Å². The van der Waals surface area contributed by atoms with Crippen molar-refractivity contribution in [3.05, 3.63) is 56.2 Å². The first-order valence-electron chi connectivity index (χ1n) is 4.79. The molecular formula is C12H9Cl3S. The van der Waals surface area contributed by atoms with Crippen LogP contribution in [0.4, 0.5) is 0 Å². The van der Waals surface area contributed by atoms with E-state index < -0.39 is 0 Å². The van der Waals surface area contributed by atoms with Gasteiger partial charge in [0.15, 0.2) is 0 Å². The van der Waals surface area contributed by atoms with Crippen molar-refractivity contribution in [2.45, 2.75) is 11.8 Å². The molecule has 0 aliphatic heterocycles. The van der Waals surface area contributed by atoms with E-state index in [-0.39, 0.29) is 5.38 Å². The fourth-order valence-electron chi connectivity index (χ4n) is 1.42. The summed E-state index contributed by atoms with van der Waals surface area (Å²) < 4.78 is 0.775. The molecule has 2 aromatic rings. The Labute approximate surface area is 114 Å². The Balaban J connectivity index is 2.07. The van der Waals surface area contributed by atoms with E-state index >= 15 is 0 Å². The van der Waals surface area contributed by atoms with E-state index in [4.69, 9.17) is 34.8 Å². The molecule has 1 unspecified atom stereocenters. The SMILES string of the molecule is Clc1ccc(CC(Cl)c2ccc(Cl)s2)cc1. The minimum atomic E-state index is -0.0290. The lowest BCUT2D eigenvalue weighted by Crippen LogP contribution is -1.92. The molecule has 0 spiro atoms. The Bertz CT molecular complexity index is 461. The van der Waals surface area contributed by atoms with Gasteiger partial charge in [0, 0.05) is 9.90 Å². The zero-order chi connectivity index (χ0) is 11.5. The van der Waals surface area contributed by atoms with Crippen LogP contribution in [-0.2, 0) is 6.42 Å². The van der Waals surface area contributed by atoms with Crippen molar-refractivity contribution in [2.75, 3.05) is 0 Å². The lowest BCUT2D eigenvalue weighted by molar-refractivity contribution is 0.940. The van der Waals surface area contributed by atoms with Crippen molar-refractivity contribution in [3.63, 3.8) is 0 Å². The van der Waals surface area contributed by atoms with Crippen LogP contribution in [0.25, 0.3) is 0 Å². The number of benzene rings is 1. The molecule has 1 heterocycles. The summed E-state index contributed by atoms with van der Waals surface area (Å²) in [6.45, 7) is 0. The Morgan fingerprint density at radius 2 is 1.69 bits per heavy atom. The van der Waals surface area contributed by atoms with Crippen molar-refractivity contribution >= 4 is 46.1 Å². The van der Waals surface area contributed by atoms with E-state index in [1.807, 2.05) is 36.4 Å². The maximum atomic E-state index is 6.31. The van der Waals surface area contributed by atoms with Crippen LogP contribution in [0, 0.1) is 0 Å². The summed E-state index contributed by atoms with van der Waals surface area (Å²) in [5.74, 6) is 0. The van der Waals surface area contributed by atoms with Crippen LogP contribution in [0.2, 0.25) is 9.36 Å². The van der Waals surface area contributed by atoms with Crippen molar-refractivity contribution in [1.82, 2.24) is 0 Å². The van der Waals surface area contributed by atoms with E-state index in [0.29, 0.717) is 0 Å². The van der Waals surface area contributed by atoms with Gasteiger partial charge < -0.3 is 0 Å². The summed E-state index contributed by atoms with van der Waals surface area (Å²) in [5, 5.41) is 0.715. The smallest absolute Gasteiger partial charge is 0.0931 e. The third-order valence-electron chi connectivity index (χ3n) is 2.23. The predicted molar refractivity (Wildman–Crippen MR) is 73.1 cm³/mol. The Kier molecular flexibility index (Phi) is 4.15. The van der Waals surface area contributed by atoms with Gasteiger partial charge in [-0.15, -0.1) is 22.9 Å². The largest absolute Gasteiger partial charge is 0.127 e. The summed E-state index contributed by atoms with van der Waals surface area (Å²) in [6, 6.07) is 11.6. The molecule has 0 radical (unpaired) electrons. The maximum Gasteiger partial charge on any atom is 0.0931 e. The monoisotopic (exact) mass is 290 g/mol. The summed E-state index contributed by atoms with van der Waals surface area (Å²) in [6.07, 6.45) is 0.787. The number of hydrogen-bond donors (Lipinski definition) is 0. The molecule has 0 aliphatic rings. The summed E-state index contributed by atoms with van der Waals surface area (Å²) >= 11 is 19.5. The molecule has 2 rings (SSSR count). The predicted octanol–water partition coefficient (Wildman–Crippen LogP) is 5.58. The topological polar surface area (TPSA) is 0 Å². The number of halogens is 3. The highest BCUT2D eigenvalue weighted by molar-refractivity contribution is 7.16. The molecule has 1 aromatic carbocycles. The summed E-state index contributed by atoms with van der Waals surface area (Å²) in [4.78, 5) is 1.10. The van der Waals surface area contributed by atoms with Gasteiger partial charge in [0.1, 0.15) is 0 Å². The minimum absolute atomic E-state index is 0.0290. The second-order valence-electron chi connectivity index (χ2n) is 3.44. The number of alkyl halides is 1. The van der Waals surface area contributed by atoms with E-state index in [0.717, 1.165) is 20.7 Å². The van der Waals surface area contributed by atoms with Crippen LogP contribution in [0.15, 0.2) is 36.4 Å².